The average Bonchev–Trinajstić information content (AvgIpc) is 3.19. The first kappa shape index (κ1) is 12.8. The summed E-state index contributed by atoms with van der Waals surface area (Å²) in [5.74, 6) is 0. The van der Waals surface area contributed by atoms with Gasteiger partial charge in [0.05, 0.1) is 18.2 Å². The van der Waals surface area contributed by atoms with Crippen LogP contribution in [0.25, 0.3) is 0 Å². The summed E-state index contributed by atoms with van der Waals surface area (Å²) in [4.78, 5) is 2.45. The molecule has 0 aromatic carbocycles. The van der Waals surface area contributed by atoms with Gasteiger partial charge in [-0.25, -0.2) is 0 Å². The molecule has 1 unspecified atom stereocenters. The normalized spacial score (nSPS) is 24.5. The van der Waals surface area contributed by atoms with Crippen LogP contribution in [0.4, 0.5) is 0 Å². The number of nitriles is 1. The van der Waals surface area contributed by atoms with Crippen LogP contribution in [0, 0.1) is 11.3 Å². The number of piperidine rings is 1. The Bertz CT molecular complexity index is 264. The van der Waals surface area contributed by atoms with E-state index in [0.29, 0.717) is 12.1 Å². The highest BCUT2D eigenvalue weighted by Crippen LogP contribution is 2.20. The predicted octanol–water partition coefficient (Wildman–Crippen LogP) is 1.13. The molecule has 0 radical (unpaired) electrons. The minimum atomic E-state index is 0.0441. The lowest BCUT2D eigenvalue weighted by molar-refractivity contribution is 0.0405. The van der Waals surface area contributed by atoms with Crippen molar-refractivity contribution in [1.29, 1.82) is 5.26 Å². The van der Waals surface area contributed by atoms with E-state index >= 15 is 0 Å². The summed E-state index contributed by atoms with van der Waals surface area (Å²) in [6.07, 6.45) is 6.15. The van der Waals surface area contributed by atoms with Crippen LogP contribution in [-0.4, -0.2) is 49.8 Å². The number of methoxy groups -OCH3 is 1. The highest BCUT2D eigenvalue weighted by Gasteiger charge is 2.25. The summed E-state index contributed by atoms with van der Waals surface area (Å²) in [5, 5.41) is 12.4. The van der Waals surface area contributed by atoms with Crippen molar-refractivity contribution >= 4 is 0 Å². The third-order valence-electron chi connectivity index (χ3n) is 3.77. The average molecular weight is 237 g/mol. The molecule has 1 atom stereocenters. The minimum absolute atomic E-state index is 0.0441. The van der Waals surface area contributed by atoms with Crippen molar-refractivity contribution in [3.8, 4) is 6.07 Å². The van der Waals surface area contributed by atoms with Gasteiger partial charge in [-0.05, 0) is 32.1 Å². The van der Waals surface area contributed by atoms with E-state index in [1.54, 1.807) is 7.11 Å². The predicted molar refractivity (Wildman–Crippen MR) is 66.6 cm³/mol. The van der Waals surface area contributed by atoms with Gasteiger partial charge in [-0.15, -0.1) is 0 Å². The van der Waals surface area contributed by atoms with Gasteiger partial charge in [-0.1, -0.05) is 0 Å². The van der Waals surface area contributed by atoms with Crippen LogP contribution >= 0.6 is 0 Å². The number of hydrogen-bond acceptors (Lipinski definition) is 4. The SMILES string of the molecule is COC1CCN(CCC(C#N)NC2CC2)CC1. The monoisotopic (exact) mass is 237 g/mol. The molecule has 0 aromatic rings. The smallest absolute Gasteiger partial charge is 0.0967 e. The van der Waals surface area contributed by atoms with E-state index in [2.05, 4.69) is 16.3 Å². The molecule has 96 valence electrons. The van der Waals surface area contributed by atoms with Crippen LogP contribution in [0.1, 0.15) is 32.1 Å². The molecule has 1 aliphatic heterocycles. The Kier molecular flexibility index (Phi) is 4.78. The van der Waals surface area contributed by atoms with Crippen molar-refractivity contribution < 1.29 is 4.74 Å². The van der Waals surface area contributed by atoms with Gasteiger partial charge in [0.1, 0.15) is 0 Å². The first-order valence-electron chi connectivity index (χ1n) is 6.72. The van der Waals surface area contributed by atoms with Crippen molar-refractivity contribution in [2.24, 2.45) is 0 Å². The Morgan fingerprint density at radius 1 is 1.35 bits per heavy atom. The van der Waals surface area contributed by atoms with Crippen molar-refractivity contribution in [3.63, 3.8) is 0 Å². The number of ether oxygens (including phenoxy) is 1. The van der Waals surface area contributed by atoms with E-state index in [1.165, 1.54) is 12.8 Å². The van der Waals surface area contributed by atoms with Crippen molar-refractivity contribution in [1.82, 2.24) is 10.2 Å². The molecule has 4 heteroatoms. The Morgan fingerprint density at radius 2 is 2.06 bits per heavy atom. The number of rotatable bonds is 6. The second kappa shape index (κ2) is 6.34. The zero-order chi connectivity index (χ0) is 12.1. The maximum atomic E-state index is 9.06. The van der Waals surface area contributed by atoms with Crippen molar-refractivity contribution in [2.45, 2.75) is 50.3 Å². The summed E-state index contributed by atoms with van der Waals surface area (Å²) in [7, 11) is 1.80. The first-order valence-corrected chi connectivity index (χ1v) is 6.72. The lowest BCUT2D eigenvalue weighted by Crippen LogP contribution is -2.40. The molecule has 1 saturated heterocycles. The molecule has 1 N–H and O–H groups in total. The molecular formula is C13H23N3O. The summed E-state index contributed by atoms with van der Waals surface area (Å²) in [6, 6.07) is 3.04. The fourth-order valence-electron chi connectivity index (χ4n) is 2.40. The molecule has 2 rings (SSSR count). The maximum absolute atomic E-state index is 9.06. The van der Waals surface area contributed by atoms with E-state index in [1.807, 2.05) is 0 Å². The lowest BCUT2D eigenvalue weighted by Gasteiger charge is -2.31. The highest BCUT2D eigenvalue weighted by molar-refractivity contribution is 4.96. The number of hydrogen-bond donors (Lipinski definition) is 1. The number of nitrogens with one attached hydrogen (secondary N) is 1. The summed E-state index contributed by atoms with van der Waals surface area (Å²) < 4.78 is 5.36. The van der Waals surface area contributed by atoms with Crippen molar-refractivity contribution in [3.05, 3.63) is 0 Å². The van der Waals surface area contributed by atoms with E-state index in [9.17, 15) is 0 Å². The largest absolute Gasteiger partial charge is 0.381 e. The standard InChI is InChI=1S/C13H23N3O/c1-17-13-5-8-16(9-6-13)7-4-12(10-14)15-11-2-3-11/h11-13,15H,2-9H2,1H3. The van der Waals surface area contributed by atoms with Gasteiger partial charge in [0.15, 0.2) is 0 Å². The fraction of sp³-hybridized carbons (Fsp3) is 0.923. The third kappa shape index (κ3) is 4.27. The van der Waals surface area contributed by atoms with Crippen LogP contribution in [0.15, 0.2) is 0 Å². The van der Waals surface area contributed by atoms with Gasteiger partial charge >= 0.3 is 0 Å². The lowest BCUT2D eigenvalue weighted by atomic mass is 10.1. The van der Waals surface area contributed by atoms with E-state index < -0.39 is 0 Å². The Balaban J connectivity index is 1.62. The maximum Gasteiger partial charge on any atom is 0.0967 e. The molecule has 17 heavy (non-hydrogen) atoms. The van der Waals surface area contributed by atoms with Crippen LogP contribution < -0.4 is 5.32 Å². The van der Waals surface area contributed by atoms with Gasteiger partial charge in [0.2, 0.25) is 0 Å². The molecule has 0 spiro atoms. The van der Waals surface area contributed by atoms with Crippen LogP contribution in [-0.2, 0) is 4.74 Å². The molecule has 2 aliphatic rings. The second-order valence-electron chi connectivity index (χ2n) is 5.19. The Hall–Kier alpha value is -0.630. The fourth-order valence-corrected chi connectivity index (χ4v) is 2.40. The van der Waals surface area contributed by atoms with Gasteiger partial charge < -0.3 is 9.64 Å². The van der Waals surface area contributed by atoms with Crippen LogP contribution in [0.5, 0.6) is 0 Å². The van der Waals surface area contributed by atoms with E-state index in [-0.39, 0.29) is 6.04 Å². The number of nitrogens with zero attached hydrogens (tertiary/aromatic N) is 2. The Morgan fingerprint density at radius 3 is 2.59 bits per heavy atom. The molecular weight excluding hydrogens is 214 g/mol. The quantitative estimate of drug-likeness (QED) is 0.752. The molecule has 0 amide bonds. The molecule has 2 fully saturated rings. The summed E-state index contributed by atoms with van der Waals surface area (Å²) in [5.41, 5.74) is 0. The van der Waals surface area contributed by atoms with Crippen molar-refractivity contribution in [2.75, 3.05) is 26.7 Å². The van der Waals surface area contributed by atoms with Crippen LogP contribution in [0.2, 0.25) is 0 Å². The Labute approximate surface area is 104 Å². The van der Waals surface area contributed by atoms with Gasteiger partial charge in [0, 0.05) is 32.8 Å². The molecule has 1 saturated carbocycles. The second-order valence-corrected chi connectivity index (χ2v) is 5.19. The first-order chi connectivity index (χ1) is 8.31. The topological polar surface area (TPSA) is 48.3 Å². The summed E-state index contributed by atoms with van der Waals surface area (Å²) >= 11 is 0. The molecule has 1 heterocycles. The van der Waals surface area contributed by atoms with E-state index in [0.717, 1.165) is 38.9 Å². The zero-order valence-corrected chi connectivity index (χ0v) is 10.7. The minimum Gasteiger partial charge on any atom is -0.381 e. The molecule has 1 aliphatic carbocycles. The zero-order valence-electron chi connectivity index (χ0n) is 10.7. The van der Waals surface area contributed by atoms with Gasteiger partial charge in [-0.2, -0.15) is 5.26 Å². The van der Waals surface area contributed by atoms with Gasteiger partial charge in [-0.3, -0.25) is 5.32 Å². The van der Waals surface area contributed by atoms with Gasteiger partial charge in [0.25, 0.3) is 0 Å². The summed E-state index contributed by atoms with van der Waals surface area (Å²) in [6.45, 7) is 3.26. The van der Waals surface area contributed by atoms with Crippen LogP contribution in [0.3, 0.4) is 0 Å². The third-order valence-corrected chi connectivity index (χ3v) is 3.77. The molecule has 4 nitrogen and oxygen atoms in total. The molecule has 0 aromatic heterocycles. The van der Waals surface area contributed by atoms with E-state index in [4.69, 9.17) is 10.00 Å². The highest BCUT2D eigenvalue weighted by atomic mass is 16.5. The molecule has 0 bridgehead atoms. The number of likely N-dealkylation sites (tertiary alicyclic amines) is 1.